The average Bonchev–Trinajstić information content (AvgIpc) is 2.99. The highest BCUT2D eigenvalue weighted by Crippen LogP contribution is 2.25. The van der Waals surface area contributed by atoms with E-state index in [1.165, 1.54) is 5.01 Å². The molecule has 1 aromatic carbocycles. The summed E-state index contributed by atoms with van der Waals surface area (Å²) in [6.07, 6.45) is 2.99. The van der Waals surface area contributed by atoms with Crippen molar-refractivity contribution < 1.29 is 29.3 Å². The zero-order valence-electron chi connectivity index (χ0n) is 22.5. The molecule has 3 atom stereocenters. The number of nitrogens with zero attached hydrogens (tertiary/aromatic N) is 4. The molecule has 14 heteroatoms. The number of carboxylic acids is 1. The Bertz CT molecular complexity index is 1090. The van der Waals surface area contributed by atoms with Gasteiger partial charge in [-0.3, -0.25) is 19.9 Å². The van der Waals surface area contributed by atoms with Gasteiger partial charge in [0.2, 0.25) is 0 Å². The van der Waals surface area contributed by atoms with E-state index in [1.54, 1.807) is 50.5 Å². The van der Waals surface area contributed by atoms with Gasteiger partial charge in [0, 0.05) is 13.1 Å². The minimum absolute atomic E-state index is 0.318. The van der Waals surface area contributed by atoms with Gasteiger partial charge < -0.3 is 15.6 Å². The average molecular weight is 548 g/mol. The van der Waals surface area contributed by atoms with Crippen LogP contribution in [0.25, 0.3) is 0 Å². The molecular formula is C25H37N7O7. The van der Waals surface area contributed by atoms with Crippen LogP contribution in [0.4, 0.5) is 5.69 Å². The van der Waals surface area contributed by atoms with Crippen molar-refractivity contribution in [2.45, 2.75) is 83.0 Å². The number of hydrazine groups is 2. The van der Waals surface area contributed by atoms with Crippen LogP contribution in [0.5, 0.6) is 0 Å². The molecule has 0 saturated carbocycles. The number of carbonyl (C=O) groups is 3. The van der Waals surface area contributed by atoms with Crippen molar-refractivity contribution in [1.82, 2.24) is 20.8 Å². The van der Waals surface area contributed by atoms with Crippen LogP contribution in [0.3, 0.4) is 0 Å². The van der Waals surface area contributed by atoms with Gasteiger partial charge in [0.05, 0.1) is 11.7 Å². The summed E-state index contributed by atoms with van der Waals surface area (Å²) >= 11 is 0. The quantitative estimate of drug-likeness (QED) is 0.114. The molecule has 39 heavy (non-hydrogen) atoms. The van der Waals surface area contributed by atoms with Gasteiger partial charge in [-0.15, -0.1) is 0 Å². The summed E-state index contributed by atoms with van der Waals surface area (Å²) in [5, 5.41) is 25.8. The number of aliphatic imine (C=N–C) groups is 1. The van der Waals surface area contributed by atoms with Crippen LogP contribution >= 0.6 is 0 Å². The first-order valence-corrected chi connectivity index (χ1v) is 13.0. The largest absolute Gasteiger partial charge is 0.480 e. The Hall–Kier alpha value is -3.78. The standard InChI is InChI=1S/C25H37N7O7/c1-25(2,3)39-23(36)19(13-10-16-8-11-17(12-9-16)27-24(26)29-32(37)38)28-18-6-4-14-30-15-5-7-20(22(34)35)31(30)21(18)33/h8-9,11-12,18-20,28H,4-7,10,13-15H2,1-3H3,(H,34,35)(H3,26,27,29)/t18-,19-,20-/m0/s1. The number of fused-ring (bicyclic) bond motifs is 1. The summed E-state index contributed by atoms with van der Waals surface area (Å²) in [4.78, 5) is 53.0. The maximum atomic E-state index is 13.5. The van der Waals surface area contributed by atoms with Crippen LogP contribution < -0.4 is 16.5 Å². The first kappa shape index (κ1) is 29.8. The monoisotopic (exact) mass is 547 g/mol. The Balaban J connectivity index is 1.74. The summed E-state index contributed by atoms with van der Waals surface area (Å²) in [5.41, 5.74) is 7.79. The lowest BCUT2D eigenvalue weighted by atomic mass is 10.0. The Morgan fingerprint density at radius 1 is 1.23 bits per heavy atom. The highest BCUT2D eigenvalue weighted by atomic mass is 16.7. The number of rotatable bonds is 9. The van der Waals surface area contributed by atoms with Crippen molar-refractivity contribution >= 4 is 29.5 Å². The van der Waals surface area contributed by atoms with Gasteiger partial charge in [-0.1, -0.05) is 17.6 Å². The predicted molar refractivity (Wildman–Crippen MR) is 141 cm³/mol. The number of nitro groups is 1. The fourth-order valence-electron chi connectivity index (χ4n) is 4.74. The molecule has 1 aromatic rings. The van der Waals surface area contributed by atoms with Gasteiger partial charge in [0.25, 0.3) is 11.9 Å². The number of hydrogen-bond acceptors (Lipinski definition) is 9. The highest BCUT2D eigenvalue weighted by Gasteiger charge is 2.42. The van der Waals surface area contributed by atoms with Gasteiger partial charge >= 0.3 is 11.9 Å². The van der Waals surface area contributed by atoms with Crippen molar-refractivity contribution in [3.05, 3.63) is 39.9 Å². The van der Waals surface area contributed by atoms with Crippen LogP contribution in [0, 0.1) is 10.1 Å². The number of carbonyl (C=O) groups excluding carboxylic acids is 2. The SMILES string of the molecule is CC(C)(C)OC(=O)[C@H](CCc1ccc(N=C(N)N[N+](=O)[O-])cc1)N[C@H]1CCCN2CCC[C@@H](C(=O)O)N2C1=O. The summed E-state index contributed by atoms with van der Waals surface area (Å²) in [6, 6.07) is 4.35. The van der Waals surface area contributed by atoms with Crippen molar-refractivity contribution in [2.24, 2.45) is 10.7 Å². The number of aliphatic carboxylic acids is 1. The minimum Gasteiger partial charge on any atom is -0.480 e. The number of benzene rings is 1. The molecule has 5 N–H and O–H groups in total. The molecule has 2 saturated heterocycles. The molecule has 14 nitrogen and oxygen atoms in total. The van der Waals surface area contributed by atoms with E-state index in [0.29, 0.717) is 57.3 Å². The lowest BCUT2D eigenvalue weighted by Crippen LogP contribution is -2.62. The van der Waals surface area contributed by atoms with Gasteiger partial charge in [0.1, 0.15) is 17.7 Å². The lowest BCUT2D eigenvalue weighted by molar-refractivity contribution is -0.525. The topological polar surface area (TPSA) is 193 Å². The summed E-state index contributed by atoms with van der Waals surface area (Å²) in [6.45, 7) is 6.48. The molecule has 1 amide bonds. The van der Waals surface area contributed by atoms with Crippen LogP contribution in [-0.2, 0) is 25.5 Å². The number of ether oxygens (including phenoxy) is 1. The molecule has 0 aliphatic carbocycles. The third-order valence-electron chi connectivity index (χ3n) is 6.42. The fraction of sp³-hybridized carbons (Fsp3) is 0.600. The van der Waals surface area contributed by atoms with E-state index in [9.17, 15) is 29.6 Å². The highest BCUT2D eigenvalue weighted by molar-refractivity contribution is 5.88. The van der Waals surface area contributed by atoms with E-state index in [1.807, 2.05) is 5.01 Å². The lowest BCUT2D eigenvalue weighted by Gasteiger charge is -2.42. The number of carboxylic acid groups (broad SMARTS) is 1. The van der Waals surface area contributed by atoms with E-state index in [-0.39, 0.29) is 11.9 Å². The fourth-order valence-corrected chi connectivity index (χ4v) is 4.74. The molecule has 0 bridgehead atoms. The van der Waals surface area contributed by atoms with Crippen LogP contribution in [0.15, 0.2) is 29.3 Å². The number of nitrogens with one attached hydrogen (secondary N) is 2. The third-order valence-corrected chi connectivity index (χ3v) is 6.42. The van der Waals surface area contributed by atoms with Crippen LogP contribution in [0.2, 0.25) is 0 Å². The van der Waals surface area contributed by atoms with Gasteiger partial charge in [-0.05, 0) is 77.0 Å². The van der Waals surface area contributed by atoms with Crippen LogP contribution in [0.1, 0.15) is 58.4 Å². The van der Waals surface area contributed by atoms with Gasteiger partial charge in [-0.2, -0.15) is 0 Å². The number of amides is 1. The second kappa shape index (κ2) is 12.8. The molecule has 3 rings (SSSR count). The van der Waals surface area contributed by atoms with Crippen molar-refractivity contribution in [3.8, 4) is 0 Å². The Morgan fingerprint density at radius 3 is 2.46 bits per heavy atom. The summed E-state index contributed by atoms with van der Waals surface area (Å²) in [5.74, 6) is -2.24. The Kier molecular flexibility index (Phi) is 9.81. The zero-order valence-corrected chi connectivity index (χ0v) is 22.5. The first-order chi connectivity index (χ1) is 18.3. The van der Waals surface area contributed by atoms with E-state index < -0.39 is 40.7 Å². The van der Waals surface area contributed by atoms with E-state index in [0.717, 1.165) is 5.56 Å². The molecule has 214 valence electrons. The minimum atomic E-state index is -1.04. The van der Waals surface area contributed by atoms with E-state index >= 15 is 0 Å². The Morgan fingerprint density at radius 2 is 1.87 bits per heavy atom. The first-order valence-electron chi connectivity index (χ1n) is 13.0. The maximum Gasteiger partial charge on any atom is 0.328 e. The normalized spacial score (nSPS) is 21.5. The summed E-state index contributed by atoms with van der Waals surface area (Å²) in [7, 11) is 0. The molecule has 0 spiro atoms. The van der Waals surface area contributed by atoms with Crippen molar-refractivity contribution in [2.75, 3.05) is 13.1 Å². The molecule has 0 unspecified atom stereocenters. The number of nitrogens with two attached hydrogens (primary N) is 1. The Labute approximate surface area is 226 Å². The number of hydrogen-bond donors (Lipinski definition) is 4. The third kappa shape index (κ3) is 8.61. The smallest absolute Gasteiger partial charge is 0.328 e. The number of esters is 1. The summed E-state index contributed by atoms with van der Waals surface area (Å²) < 4.78 is 5.63. The van der Waals surface area contributed by atoms with E-state index in [4.69, 9.17) is 10.5 Å². The molecule has 2 fully saturated rings. The second-order valence-electron chi connectivity index (χ2n) is 10.7. The predicted octanol–water partition coefficient (Wildman–Crippen LogP) is 1.10. The van der Waals surface area contributed by atoms with Crippen molar-refractivity contribution in [3.63, 3.8) is 0 Å². The molecule has 2 heterocycles. The van der Waals surface area contributed by atoms with Gasteiger partial charge in [0.15, 0.2) is 5.03 Å². The molecule has 0 radical (unpaired) electrons. The van der Waals surface area contributed by atoms with Gasteiger partial charge in [-0.25, -0.2) is 24.9 Å². The number of aryl methyl sites for hydroxylation is 1. The number of guanidine groups is 1. The molecule has 2 aliphatic rings. The van der Waals surface area contributed by atoms with E-state index in [2.05, 4.69) is 10.3 Å². The molecule has 0 aromatic heterocycles. The maximum absolute atomic E-state index is 13.5. The molecular weight excluding hydrogens is 510 g/mol. The van der Waals surface area contributed by atoms with Crippen molar-refractivity contribution in [1.29, 1.82) is 0 Å². The second-order valence-corrected chi connectivity index (χ2v) is 10.7. The zero-order chi connectivity index (χ0) is 28.7. The molecule has 2 aliphatic heterocycles. The van der Waals surface area contributed by atoms with Crippen LogP contribution in [-0.4, -0.2) is 80.8 Å².